The predicted octanol–water partition coefficient (Wildman–Crippen LogP) is 22.8. The standard InChI is InChI=1S/C103H59BCl2FN4O10/c105-82-18-11-19-83(106)96(82)97(98-80(64-12-3-1-4-13-64)56-84(108-98)66-30-26-60(27-31-66)62-34-42-70(43-35-62)118-90(112)54-58-22-38-68(39-23-58)109-100(114)76-48-46-74-72-16-7-9-20-86(72)120-88-52-50-78(102(109)116)92(76)94(74)88)99-81(65-14-5-2-6-15-65)57-85(111(99)104-107)67-32-28-61(29-33-67)63-36-44-71(45-37-63)119-91(113)55-59-24-40-69(41-25-59)110-101(115)77-49-47-75-73-17-8-10-21-87(73)121-89-53-51-79(103(110)117)93(77)95(75)89/h1-53,56-57H,54-55H2/b98-97-. The molecule has 0 atom stereocenters. The highest BCUT2D eigenvalue weighted by molar-refractivity contribution is 6.39. The highest BCUT2D eigenvalue weighted by atomic mass is 35.5. The van der Waals surface area contributed by atoms with Gasteiger partial charge in [0.1, 0.15) is 33.8 Å². The molecule has 1 radical (unpaired) electrons. The molecule has 5 aromatic heterocycles. The van der Waals surface area contributed by atoms with Gasteiger partial charge in [0.15, 0.2) is 0 Å². The number of aromatic nitrogens is 3. The Morgan fingerprint density at radius 2 is 0.769 bits per heavy atom. The summed E-state index contributed by atoms with van der Waals surface area (Å²) in [7, 11) is 0.553. The molecule has 15 aromatic carbocycles. The van der Waals surface area contributed by atoms with Gasteiger partial charge in [-0.15, -0.1) is 0 Å². The Labute approximate surface area is 697 Å². The molecule has 1 aliphatic rings. The molecule has 0 bridgehead atoms. The van der Waals surface area contributed by atoms with Crippen LogP contribution < -0.4 is 31.7 Å². The highest BCUT2D eigenvalue weighted by Gasteiger charge is 2.33. The maximum Gasteiger partial charge on any atom is 0.495 e. The van der Waals surface area contributed by atoms with Crippen LogP contribution in [0.25, 0.3) is 154 Å². The second-order valence-electron chi connectivity index (χ2n) is 29.8. The fraction of sp³-hybridized carbons (Fsp3) is 0.0194. The lowest BCUT2D eigenvalue weighted by Crippen LogP contribution is -2.31. The number of hydrogen-bond donors (Lipinski definition) is 0. The molecular weight excluding hydrogens is 1550 g/mol. The van der Waals surface area contributed by atoms with Crippen LogP contribution in [-0.2, 0) is 22.4 Å². The third-order valence-electron chi connectivity index (χ3n) is 22.8. The van der Waals surface area contributed by atoms with Gasteiger partial charge in [-0.2, -0.15) is 0 Å². The van der Waals surface area contributed by atoms with Crippen molar-refractivity contribution in [1.29, 1.82) is 0 Å². The minimum atomic E-state index is -0.512. The lowest BCUT2D eigenvalue weighted by Gasteiger charge is -2.20. The van der Waals surface area contributed by atoms with Crippen molar-refractivity contribution in [2.45, 2.75) is 12.8 Å². The average molecular weight is 1610 g/mol. The minimum Gasteiger partial charge on any atom is -0.456 e. The number of carbonyl (C=O) groups is 2. The molecule has 21 rings (SSSR count). The first-order valence-corrected chi connectivity index (χ1v) is 39.8. The van der Waals surface area contributed by atoms with E-state index in [9.17, 15) is 28.8 Å². The fourth-order valence-corrected chi connectivity index (χ4v) is 17.7. The molecule has 121 heavy (non-hydrogen) atoms. The predicted molar refractivity (Wildman–Crippen MR) is 481 cm³/mol. The maximum atomic E-state index is 16.7. The van der Waals surface area contributed by atoms with Crippen LogP contribution in [0.2, 0.25) is 10.0 Å². The van der Waals surface area contributed by atoms with Crippen molar-refractivity contribution >= 4 is 147 Å². The minimum absolute atomic E-state index is 0.0720. The van der Waals surface area contributed by atoms with Gasteiger partial charge in [-0.05, 0) is 182 Å². The first-order chi connectivity index (χ1) is 59.2. The second kappa shape index (κ2) is 29.7. The van der Waals surface area contributed by atoms with Crippen LogP contribution >= 0.6 is 23.2 Å². The number of aliphatic imine (C=N–C) groups is 1. The van der Waals surface area contributed by atoms with Crippen molar-refractivity contribution in [3.8, 4) is 67.5 Å². The smallest absolute Gasteiger partial charge is 0.456 e. The van der Waals surface area contributed by atoms with Crippen LogP contribution in [0.15, 0.2) is 372 Å². The summed E-state index contributed by atoms with van der Waals surface area (Å²) in [5.41, 5.74) is 13.6. The Morgan fingerprint density at radius 1 is 0.372 bits per heavy atom. The molecule has 575 valence electrons. The summed E-state index contributed by atoms with van der Waals surface area (Å²) in [6, 6.07) is 100. The van der Waals surface area contributed by atoms with Crippen molar-refractivity contribution in [3.05, 3.63) is 424 Å². The van der Waals surface area contributed by atoms with Gasteiger partial charge >= 0.3 is 19.6 Å². The SMILES string of the molecule is O=C(Cc1ccc(-n2c(=O)c3ccc4oc5ccccc5c5ccc(c2=O)c3c45)cc1)Oc1ccc(-c2ccc(C3=N/C(=C(/c4c(Cl)cccc4Cl)c4c(-c5ccccc5)cc(-c5ccc(-c6ccc(OC(=O)Cc7ccc(-n8c(=O)c9ccc%10oc%11ccccc%11c%11ccc(c8=O)c9c%10%11)cc7)cc6)cc5)n4[B]F)C(c4ccccc4)=C3)cc2)cc1. The van der Waals surface area contributed by atoms with Crippen LogP contribution in [0.3, 0.4) is 0 Å². The number of rotatable bonds is 17. The van der Waals surface area contributed by atoms with Crippen LogP contribution in [0.5, 0.6) is 11.5 Å². The number of benzene rings is 15. The van der Waals surface area contributed by atoms with E-state index in [-0.39, 0.29) is 12.8 Å². The van der Waals surface area contributed by atoms with Gasteiger partial charge in [-0.3, -0.25) is 28.8 Å². The van der Waals surface area contributed by atoms with Gasteiger partial charge < -0.3 is 27.1 Å². The number of fused-ring (bicyclic) bond motifs is 4. The van der Waals surface area contributed by atoms with Crippen LogP contribution in [-0.4, -0.2) is 39.0 Å². The summed E-state index contributed by atoms with van der Waals surface area (Å²) >= 11 is 14.7. The van der Waals surface area contributed by atoms with Crippen molar-refractivity contribution in [2.24, 2.45) is 4.99 Å². The molecule has 0 aliphatic carbocycles. The second-order valence-corrected chi connectivity index (χ2v) is 30.7. The van der Waals surface area contributed by atoms with E-state index in [1.807, 2.05) is 206 Å². The zero-order chi connectivity index (χ0) is 81.8. The molecule has 0 spiro atoms. The summed E-state index contributed by atoms with van der Waals surface area (Å²) in [6.45, 7) is 0. The molecule has 0 unspecified atom stereocenters. The van der Waals surface area contributed by atoms with Crippen molar-refractivity contribution in [3.63, 3.8) is 0 Å². The van der Waals surface area contributed by atoms with Crippen molar-refractivity contribution < 1.29 is 32.2 Å². The molecule has 6 heterocycles. The molecule has 0 amide bonds. The van der Waals surface area contributed by atoms with E-state index in [1.165, 1.54) is 13.6 Å². The van der Waals surface area contributed by atoms with E-state index >= 15 is 4.32 Å². The normalized spacial score (nSPS) is 12.7. The Kier molecular flexibility index (Phi) is 18.0. The number of para-hydroxylation sites is 2. The molecule has 0 saturated carbocycles. The van der Waals surface area contributed by atoms with E-state index in [2.05, 4.69) is 0 Å². The lowest BCUT2D eigenvalue weighted by molar-refractivity contribution is -0.134. The van der Waals surface area contributed by atoms with Gasteiger partial charge in [0.25, 0.3) is 22.2 Å². The summed E-state index contributed by atoms with van der Waals surface area (Å²) in [4.78, 5) is 89.3. The number of ether oxygens (including phenoxy) is 2. The summed E-state index contributed by atoms with van der Waals surface area (Å²) in [5.74, 6) is -0.335. The molecule has 1 aliphatic heterocycles. The molecule has 18 heteroatoms. The Balaban J connectivity index is 0.529. The monoisotopic (exact) mass is 1610 g/mol. The van der Waals surface area contributed by atoms with E-state index in [0.29, 0.717) is 151 Å². The summed E-state index contributed by atoms with van der Waals surface area (Å²) < 4.78 is 44.7. The number of allylic oxidation sites excluding steroid dienone is 2. The first-order valence-electron chi connectivity index (χ1n) is 39.1. The molecule has 14 nitrogen and oxygen atoms in total. The van der Waals surface area contributed by atoms with E-state index < -0.39 is 34.2 Å². The molecule has 20 aromatic rings. The molecule has 0 saturated heterocycles. The largest absolute Gasteiger partial charge is 0.495 e. The van der Waals surface area contributed by atoms with E-state index in [0.717, 1.165) is 76.8 Å². The van der Waals surface area contributed by atoms with Crippen LogP contribution in [0, 0.1) is 0 Å². The number of halogens is 3. The number of carbonyl (C=O) groups excluding carboxylic acids is 2. The number of pyridine rings is 2. The third kappa shape index (κ3) is 12.7. The summed E-state index contributed by atoms with van der Waals surface area (Å²) in [5, 5.41) is 8.33. The lowest BCUT2D eigenvalue weighted by atomic mass is 9.90. The number of nitrogens with zero attached hydrogens (tertiary/aromatic N) is 4. The Morgan fingerprint density at radius 3 is 1.22 bits per heavy atom. The van der Waals surface area contributed by atoms with Gasteiger partial charge in [-0.1, -0.05) is 236 Å². The highest BCUT2D eigenvalue weighted by Crippen LogP contribution is 2.49. The van der Waals surface area contributed by atoms with Gasteiger partial charge in [0.05, 0.1) is 45.7 Å². The van der Waals surface area contributed by atoms with Crippen molar-refractivity contribution in [1.82, 2.24) is 13.6 Å². The quantitative estimate of drug-likeness (QED) is 0.0280. The summed E-state index contributed by atoms with van der Waals surface area (Å²) in [6.07, 6.45) is 1.87. The van der Waals surface area contributed by atoms with Gasteiger partial charge in [-0.25, -0.2) is 14.1 Å². The van der Waals surface area contributed by atoms with Crippen molar-refractivity contribution in [2.75, 3.05) is 0 Å². The maximum absolute atomic E-state index is 16.7. The first kappa shape index (κ1) is 73.3. The van der Waals surface area contributed by atoms with Crippen LogP contribution in [0.4, 0.5) is 4.32 Å². The zero-order valence-electron chi connectivity index (χ0n) is 63.8. The molecular formula is C103H59BCl2FN4O10. The Hall–Kier alpha value is -15.4. The zero-order valence-corrected chi connectivity index (χ0v) is 65.3. The fourth-order valence-electron chi connectivity index (χ4n) is 17.1. The third-order valence-corrected chi connectivity index (χ3v) is 23.4. The Bertz CT molecular complexity index is 7960. The number of esters is 2. The van der Waals surface area contributed by atoms with Gasteiger partial charge in [0.2, 0.25) is 0 Å². The van der Waals surface area contributed by atoms with E-state index in [1.54, 1.807) is 127 Å². The topological polar surface area (TPSA) is 174 Å². The van der Waals surface area contributed by atoms with E-state index in [4.69, 9.17) is 46.5 Å². The van der Waals surface area contributed by atoms with Gasteiger partial charge in [0, 0.05) is 93.1 Å². The molecule has 0 fully saturated rings. The van der Waals surface area contributed by atoms with Crippen LogP contribution in [0.1, 0.15) is 33.5 Å². The molecule has 0 N–H and O–H groups in total. The number of hydrogen-bond acceptors (Lipinski definition) is 11. The average Bonchev–Trinajstić information content (AvgIpc) is 1.28.